The van der Waals surface area contributed by atoms with Crippen molar-refractivity contribution in [3.05, 3.63) is 76.3 Å². The molecular weight excluding hydrogens is 360 g/mol. The molecule has 2 aromatic carbocycles. The molecule has 1 aromatic heterocycles. The van der Waals surface area contributed by atoms with Gasteiger partial charge in [-0.2, -0.15) is 0 Å². The first-order valence-corrected chi connectivity index (χ1v) is 9.43. The van der Waals surface area contributed by atoms with Crippen LogP contribution in [0, 0.1) is 6.92 Å². The number of aromatic amines is 1. The van der Waals surface area contributed by atoms with E-state index in [1.165, 1.54) is 11.1 Å². The molecule has 1 aliphatic rings. The molecular formula is C21H21ClN4O. The summed E-state index contributed by atoms with van der Waals surface area (Å²) in [6.07, 6.45) is 6.94. The lowest BCUT2D eigenvalue weighted by molar-refractivity contribution is 0.262. The summed E-state index contributed by atoms with van der Waals surface area (Å²) < 4.78 is 0. The smallest absolute Gasteiger partial charge is 0.323 e. The third-order valence-corrected chi connectivity index (χ3v) is 5.43. The molecule has 2 amide bonds. The highest BCUT2D eigenvalue weighted by Gasteiger charge is 2.23. The van der Waals surface area contributed by atoms with Gasteiger partial charge in [0.1, 0.15) is 0 Å². The van der Waals surface area contributed by atoms with Crippen molar-refractivity contribution in [3.8, 4) is 0 Å². The summed E-state index contributed by atoms with van der Waals surface area (Å²) in [5.74, 6) is 0.265. The highest BCUT2D eigenvalue weighted by molar-refractivity contribution is 6.31. The van der Waals surface area contributed by atoms with Crippen molar-refractivity contribution in [2.24, 2.45) is 0 Å². The van der Waals surface area contributed by atoms with Crippen molar-refractivity contribution in [3.63, 3.8) is 0 Å². The predicted octanol–water partition coefficient (Wildman–Crippen LogP) is 5.48. The number of urea groups is 1. The van der Waals surface area contributed by atoms with Crippen LogP contribution in [0.15, 0.2) is 48.9 Å². The monoisotopic (exact) mass is 380 g/mol. The number of imidazole rings is 1. The first-order valence-electron chi connectivity index (χ1n) is 9.06. The van der Waals surface area contributed by atoms with E-state index in [1.807, 2.05) is 31.3 Å². The lowest BCUT2D eigenvalue weighted by Crippen LogP contribution is -2.20. The number of carbonyl (C=O) groups excluding carboxylic acids is 1. The number of rotatable bonds is 3. The maximum atomic E-state index is 12.4. The summed E-state index contributed by atoms with van der Waals surface area (Å²) >= 11 is 6.12. The molecule has 0 saturated carbocycles. The maximum Gasteiger partial charge on any atom is 0.323 e. The van der Waals surface area contributed by atoms with Gasteiger partial charge in [-0.15, -0.1) is 0 Å². The van der Waals surface area contributed by atoms with Crippen molar-refractivity contribution < 1.29 is 4.79 Å². The molecule has 0 bridgehead atoms. The van der Waals surface area contributed by atoms with Gasteiger partial charge in [0, 0.05) is 28.5 Å². The topological polar surface area (TPSA) is 69.8 Å². The van der Waals surface area contributed by atoms with Crippen LogP contribution < -0.4 is 10.6 Å². The zero-order valence-electron chi connectivity index (χ0n) is 15.1. The fraction of sp³-hybridized carbons (Fsp3) is 0.238. The Morgan fingerprint density at radius 3 is 2.70 bits per heavy atom. The maximum absolute atomic E-state index is 12.4. The number of hydrogen-bond acceptors (Lipinski definition) is 2. The number of nitrogens with one attached hydrogen (secondary N) is 3. The molecule has 1 aliphatic carbocycles. The number of halogens is 1. The SMILES string of the molecule is Cc1ccc(NC(=O)Nc2ccc3c(c2)C(c2c[nH]cn2)CCC3)cc1Cl. The number of aromatic nitrogens is 2. The number of nitrogens with zero attached hydrogens (tertiary/aromatic N) is 1. The number of H-pyrrole nitrogens is 1. The summed E-state index contributed by atoms with van der Waals surface area (Å²) in [5.41, 5.74) is 6.02. The van der Waals surface area contributed by atoms with E-state index in [9.17, 15) is 4.79 Å². The molecule has 1 heterocycles. The highest BCUT2D eigenvalue weighted by Crippen LogP contribution is 2.37. The van der Waals surface area contributed by atoms with E-state index in [4.69, 9.17) is 11.6 Å². The summed E-state index contributed by atoms with van der Waals surface area (Å²) in [5, 5.41) is 6.37. The molecule has 0 fully saturated rings. The van der Waals surface area contributed by atoms with Crippen LogP contribution in [0.1, 0.15) is 41.1 Å². The van der Waals surface area contributed by atoms with Crippen LogP contribution in [-0.2, 0) is 6.42 Å². The van der Waals surface area contributed by atoms with Crippen molar-refractivity contribution >= 4 is 29.0 Å². The number of aryl methyl sites for hydroxylation is 2. The molecule has 138 valence electrons. The van der Waals surface area contributed by atoms with Gasteiger partial charge in [-0.25, -0.2) is 9.78 Å². The van der Waals surface area contributed by atoms with Crippen molar-refractivity contribution in [1.29, 1.82) is 0 Å². The molecule has 0 spiro atoms. The minimum atomic E-state index is -0.290. The van der Waals surface area contributed by atoms with Crippen molar-refractivity contribution in [2.45, 2.75) is 32.1 Å². The van der Waals surface area contributed by atoms with Crippen LogP contribution >= 0.6 is 11.6 Å². The number of carbonyl (C=O) groups is 1. The predicted molar refractivity (Wildman–Crippen MR) is 109 cm³/mol. The van der Waals surface area contributed by atoms with Crippen LogP contribution in [0.4, 0.5) is 16.2 Å². The quantitative estimate of drug-likeness (QED) is 0.562. The van der Waals surface area contributed by atoms with Gasteiger partial charge >= 0.3 is 6.03 Å². The molecule has 6 heteroatoms. The Morgan fingerprint density at radius 2 is 1.96 bits per heavy atom. The molecule has 0 aliphatic heterocycles. The third-order valence-electron chi connectivity index (χ3n) is 5.02. The average Bonchev–Trinajstić information content (AvgIpc) is 3.19. The van der Waals surface area contributed by atoms with Gasteiger partial charge in [0.15, 0.2) is 0 Å². The Balaban J connectivity index is 1.52. The zero-order valence-corrected chi connectivity index (χ0v) is 15.8. The normalized spacial score (nSPS) is 15.9. The summed E-state index contributed by atoms with van der Waals surface area (Å²) in [6.45, 7) is 1.93. The fourth-order valence-electron chi connectivity index (χ4n) is 3.61. The lowest BCUT2D eigenvalue weighted by atomic mass is 9.81. The summed E-state index contributed by atoms with van der Waals surface area (Å²) in [6, 6.07) is 11.3. The second-order valence-electron chi connectivity index (χ2n) is 6.90. The molecule has 1 unspecified atom stereocenters. The number of amides is 2. The van der Waals surface area contributed by atoms with Gasteiger partial charge < -0.3 is 15.6 Å². The highest BCUT2D eigenvalue weighted by atomic mass is 35.5. The second kappa shape index (κ2) is 7.45. The Bertz CT molecular complexity index is 968. The third kappa shape index (κ3) is 3.83. The summed E-state index contributed by atoms with van der Waals surface area (Å²) in [4.78, 5) is 19.8. The first kappa shape index (κ1) is 17.6. The van der Waals surface area contributed by atoms with Crippen LogP contribution in [0.2, 0.25) is 5.02 Å². The molecule has 5 nitrogen and oxygen atoms in total. The van der Waals surface area contributed by atoms with E-state index in [0.717, 1.165) is 36.2 Å². The Kier molecular flexibility index (Phi) is 4.86. The average molecular weight is 381 g/mol. The largest absolute Gasteiger partial charge is 0.351 e. The fourth-order valence-corrected chi connectivity index (χ4v) is 3.79. The van der Waals surface area contributed by atoms with Crippen LogP contribution in [-0.4, -0.2) is 16.0 Å². The molecule has 3 N–H and O–H groups in total. The molecule has 0 radical (unpaired) electrons. The molecule has 1 atom stereocenters. The van der Waals surface area contributed by atoms with Gasteiger partial charge in [0.25, 0.3) is 0 Å². The van der Waals surface area contributed by atoms with E-state index < -0.39 is 0 Å². The minimum Gasteiger partial charge on any atom is -0.351 e. The van der Waals surface area contributed by atoms with Gasteiger partial charge in [-0.3, -0.25) is 0 Å². The van der Waals surface area contributed by atoms with E-state index in [1.54, 1.807) is 12.4 Å². The first-order chi connectivity index (χ1) is 13.1. The van der Waals surface area contributed by atoms with Crippen molar-refractivity contribution in [1.82, 2.24) is 9.97 Å². The standard InChI is InChI=1S/C21H21ClN4O/c1-13-5-7-16(10-19(13)22)26-21(27)25-15-8-6-14-3-2-4-17(18(14)9-15)20-11-23-12-24-20/h5-12,17H,2-4H2,1H3,(H,23,24)(H2,25,26,27). The number of fused-ring (bicyclic) bond motifs is 1. The number of hydrogen-bond donors (Lipinski definition) is 3. The second-order valence-corrected chi connectivity index (χ2v) is 7.30. The van der Waals surface area contributed by atoms with E-state index in [-0.39, 0.29) is 11.9 Å². The Morgan fingerprint density at radius 1 is 1.19 bits per heavy atom. The van der Waals surface area contributed by atoms with Crippen molar-refractivity contribution in [2.75, 3.05) is 10.6 Å². The number of benzene rings is 2. The Labute approximate surface area is 163 Å². The van der Waals surface area contributed by atoms with Gasteiger partial charge in [-0.05, 0) is 67.1 Å². The molecule has 0 saturated heterocycles. The molecule has 27 heavy (non-hydrogen) atoms. The molecule has 4 rings (SSSR count). The van der Waals surface area contributed by atoms with Crippen LogP contribution in [0.5, 0.6) is 0 Å². The van der Waals surface area contributed by atoms with Gasteiger partial charge in [-0.1, -0.05) is 23.7 Å². The molecule has 3 aromatic rings. The summed E-state index contributed by atoms with van der Waals surface area (Å²) in [7, 11) is 0. The van der Waals surface area contributed by atoms with Gasteiger partial charge in [0.05, 0.1) is 12.0 Å². The lowest BCUT2D eigenvalue weighted by Gasteiger charge is -2.25. The van der Waals surface area contributed by atoms with Gasteiger partial charge in [0.2, 0.25) is 0 Å². The van der Waals surface area contributed by atoms with Crippen LogP contribution in [0.3, 0.4) is 0 Å². The van der Waals surface area contributed by atoms with E-state index in [0.29, 0.717) is 10.7 Å². The zero-order chi connectivity index (χ0) is 18.8. The van der Waals surface area contributed by atoms with E-state index in [2.05, 4.69) is 32.7 Å². The Hall–Kier alpha value is -2.79. The van der Waals surface area contributed by atoms with Crippen LogP contribution in [0.25, 0.3) is 0 Å². The minimum absolute atomic E-state index is 0.265. The number of anilines is 2. The van der Waals surface area contributed by atoms with E-state index >= 15 is 0 Å².